The van der Waals surface area contributed by atoms with Gasteiger partial charge in [0.25, 0.3) is 0 Å². The summed E-state index contributed by atoms with van der Waals surface area (Å²) >= 11 is 6.80. The Morgan fingerprint density at radius 1 is 1.67 bits per heavy atom. The van der Waals surface area contributed by atoms with Gasteiger partial charge in [-0.05, 0) is 25.1 Å². The van der Waals surface area contributed by atoms with Crippen molar-refractivity contribution >= 4 is 34.8 Å². The summed E-state index contributed by atoms with van der Waals surface area (Å²) in [6.07, 6.45) is 2.21. The molecule has 0 radical (unpaired) electrons. The first-order valence-electron chi connectivity index (χ1n) is 5.32. The second-order valence-corrected chi connectivity index (χ2v) is 6.09. The lowest BCUT2D eigenvalue weighted by molar-refractivity contribution is 0.645. The topological polar surface area (TPSA) is 50.4 Å². The van der Waals surface area contributed by atoms with Gasteiger partial charge in [0.2, 0.25) is 0 Å². The lowest BCUT2D eigenvalue weighted by Crippen LogP contribution is -2.35. The molecular formula is C10H19N3S2. The van der Waals surface area contributed by atoms with E-state index in [-0.39, 0.29) is 5.11 Å². The average molecular weight is 245 g/mol. The van der Waals surface area contributed by atoms with Crippen molar-refractivity contribution in [2.75, 3.05) is 0 Å². The minimum Gasteiger partial charge on any atom is -0.375 e. The molecule has 0 unspecified atom stereocenters. The number of thiocarbonyl (C=S) groups is 1. The zero-order chi connectivity index (χ0) is 11.4. The summed E-state index contributed by atoms with van der Waals surface area (Å²) in [5, 5.41) is 5.85. The SMILES string of the molecule is CC[C@@H]1S[C@H](C)C/C(=N\NC(N)=S)[C@@H]1C. The van der Waals surface area contributed by atoms with Gasteiger partial charge in [0.15, 0.2) is 5.11 Å². The smallest absolute Gasteiger partial charge is 0.184 e. The van der Waals surface area contributed by atoms with Gasteiger partial charge in [-0.1, -0.05) is 20.8 Å². The van der Waals surface area contributed by atoms with Crippen molar-refractivity contribution in [1.82, 2.24) is 5.43 Å². The van der Waals surface area contributed by atoms with Crippen LogP contribution >= 0.6 is 24.0 Å². The van der Waals surface area contributed by atoms with Gasteiger partial charge in [-0.25, -0.2) is 0 Å². The minimum absolute atomic E-state index is 0.244. The number of nitrogens with zero attached hydrogens (tertiary/aromatic N) is 1. The standard InChI is InChI=1S/C10H19N3S2/c1-4-9-7(3)8(5-6(2)15-9)12-13-10(11)14/h6-7,9H,4-5H2,1-3H3,(H3,11,13,14)/b12-8+/t6-,7+,9+/m1/s1. The molecule has 1 saturated heterocycles. The number of rotatable bonds is 2. The average Bonchev–Trinajstić information content (AvgIpc) is 2.18. The third kappa shape index (κ3) is 3.65. The Bertz CT molecular complexity index is 265. The number of thioether (sulfide) groups is 1. The summed E-state index contributed by atoms with van der Waals surface area (Å²) in [7, 11) is 0. The maximum atomic E-state index is 5.36. The molecule has 3 N–H and O–H groups in total. The number of nitrogens with one attached hydrogen (secondary N) is 1. The fraction of sp³-hybridized carbons (Fsp3) is 0.800. The Labute approximate surface area is 101 Å². The van der Waals surface area contributed by atoms with Gasteiger partial charge in [-0.2, -0.15) is 16.9 Å². The van der Waals surface area contributed by atoms with Crippen LogP contribution in [0.3, 0.4) is 0 Å². The molecule has 0 saturated carbocycles. The van der Waals surface area contributed by atoms with Crippen LogP contribution in [0.2, 0.25) is 0 Å². The Balaban J connectivity index is 2.69. The molecule has 3 nitrogen and oxygen atoms in total. The van der Waals surface area contributed by atoms with Gasteiger partial charge in [0.1, 0.15) is 0 Å². The highest BCUT2D eigenvalue weighted by atomic mass is 32.2. The second kappa shape index (κ2) is 5.70. The molecule has 0 bridgehead atoms. The molecule has 1 heterocycles. The van der Waals surface area contributed by atoms with Crippen molar-refractivity contribution in [2.45, 2.75) is 44.1 Å². The molecule has 0 aromatic rings. The molecule has 3 atom stereocenters. The molecule has 0 amide bonds. The Hall–Kier alpha value is -0.290. The molecule has 15 heavy (non-hydrogen) atoms. The highest BCUT2D eigenvalue weighted by Crippen LogP contribution is 2.35. The summed E-state index contributed by atoms with van der Waals surface area (Å²) in [5.41, 5.74) is 9.26. The van der Waals surface area contributed by atoms with Crippen LogP contribution in [0.1, 0.15) is 33.6 Å². The molecule has 1 fully saturated rings. The quantitative estimate of drug-likeness (QED) is 0.578. The van der Waals surface area contributed by atoms with Gasteiger partial charge >= 0.3 is 0 Å². The Kier molecular flexibility index (Phi) is 4.86. The first kappa shape index (κ1) is 12.8. The molecule has 0 spiro atoms. The number of hydrogen-bond acceptors (Lipinski definition) is 3. The number of hydrogen-bond donors (Lipinski definition) is 2. The lowest BCUT2D eigenvalue weighted by Gasteiger charge is -2.32. The first-order valence-corrected chi connectivity index (χ1v) is 6.67. The monoisotopic (exact) mass is 245 g/mol. The predicted octanol–water partition coefficient (Wildman–Crippen LogP) is 2.12. The molecule has 86 valence electrons. The Morgan fingerprint density at radius 2 is 2.33 bits per heavy atom. The van der Waals surface area contributed by atoms with Crippen LogP contribution in [0, 0.1) is 5.92 Å². The summed E-state index contributed by atoms with van der Waals surface area (Å²) in [5.74, 6) is 0.512. The fourth-order valence-corrected chi connectivity index (χ4v) is 3.38. The highest BCUT2D eigenvalue weighted by molar-refractivity contribution is 8.00. The molecule has 5 heteroatoms. The van der Waals surface area contributed by atoms with Crippen LogP contribution in [-0.4, -0.2) is 21.3 Å². The van der Waals surface area contributed by atoms with Crippen LogP contribution in [0.25, 0.3) is 0 Å². The normalized spacial score (nSPS) is 34.1. The zero-order valence-corrected chi connectivity index (χ0v) is 11.1. The van der Waals surface area contributed by atoms with Crippen molar-refractivity contribution < 1.29 is 0 Å². The van der Waals surface area contributed by atoms with E-state index >= 15 is 0 Å². The molecule has 1 aliphatic heterocycles. The van der Waals surface area contributed by atoms with E-state index in [1.54, 1.807) is 0 Å². The lowest BCUT2D eigenvalue weighted by atomic mass is 9.95. The molecule has 1 aliphatic rings. The number of hydrazone groups is 1. The molecule has 1 rings (SSSR count). The summed E-state index contributed by atoms with van der Waals surface area (Å²) in [4.78, 5) is 0. The fourth-order valence-electron chi connectivity index (χ4n) is 1.88. The van der Waals surface area contributed by atoms with Crippen molar-refractivity contribution in [2.24, 2.45) is 16.8 Å². The van der Waals surface area contributed by atoms with Crippen LogP contribution in [0.15, 0.2) is 5.10 Å². The number of nitrogens with two attached hydrogens (primary N) is 1. The highest BCUT2D eigenvalue weighted by Gasteiger charge is 2.29. The maximum absolute atomic E-state index is 5.36. The van der Waals surface area contributed by atoms with E-state index in [4.69, 9.17) is 18.0 Å². The molecule has 0 aromatic carbocycles. The van der Waals surface area contributed by atoms with Gasteiger partial charge in [0, 0.05) is 22.1 Å². The molecule has 0 aromatic heterocycles. The van der Waals surface area contributed by atoms with E-state index in [0.29, 0.717) is 16.4 Å². The van der Waals surface area contributed by atoms with Crippen molar-refractivity contribution in [3.05, 3.63) is 0 Å². The van der Waals surface area contributed by atoms with E-state index < -0.39 is 0 Å². The van der Waals surface area contributed by atoms with E-state index in [0.717, 1.165) is 6.42 Å². The van der Waals surface area contributed by atoms with Gasteiger partial charge in [-0.3, -0.25) is 5.43 Å². The van der Waals surface area contributed by atoms with Gasteiger partial charge in [-0.15, -0.1) is 0 Å². The van der Waals surface area contributed by atoms with Crippen LogP contribution in [0.4, 0.5) is 0 Å². The van der Waals surface area contributed by atoms with E-state index in [9.17, 15) is 0 Å². The van der Waals surface area contributed by atoms with Crippen LogP contribution < -0.4 is 11.2 Å². The second-order valence-electron chi connectivity index (χ2n) is 3.97. The summed E-state index contributed by atoms with van der Waals surface area (Å²) in [6.45, 7) is 6.70. The van der Waals surface area contributed by atoms with Gasteiger partial charge < -0.3 is 5.73 Å². The maximum Gasteiger partial charge on any atom is 0.184 e. The Morgan fingerprint density at radius 3 is 2.87 bits per heavy atom. The van der Waals surface area contributed by atoms with Gasteiger partial charge in [0.05, 0.1) is 0 Å². The third-order valence-electron chi connectivity index (χ3n) is 2.70. The minimum atomic E-state index is 0.244. The first-order chi connectivity index (χ1) is 7.04. The summed E-state index contributed by atoms with van der Waals surface area (Å²) < 4.78 is 0. The summed E-state index contributed by atoms with van der Waals surface area (Å²) in [6, 6.07) is 0. The van der Waals surface area contributed by atoms with Crippen LogP contribution in [0.5, 0.6) is 0 Å². The zero-order valence-electron chi connectivity index (χ0n) is 9.49. The third-order valence-corrected chi connectivity index (χ3v) is 4.51. The van der Waals surface area contributed by atoms with Crippen molar-refractivity contribution in [1.29, 1.82) is 0 Å². The van der Waals surface area contributed by atoms with Crippen molar-refractivity contribution in [3.63, 3.8) is 0 Å². The van der Waals surface area contributed by atoms with Crippen LogP contribution in [-0.2, 0) is 0 Å². The van der Waals surface area contributed by atoms with E-state index in [1.807, 2.05) is 0 Å². The van der Waals surface area contributed by atoms with E-state index in [1.165, 1.54) is 12.1 Å². The van der Waals surface area contributed by atoms with Crippen molar-refractivity contribution in [3.8, 4) is 0 Å². The molecular weight excluding hydrogens is 226 g/mol. The predicted molar refractivity (Wildman–Crippen MR) is 72.3 cm³/mol. The molecule has 0 aliphatic carbocycles. The largest absolute Gasteiger partial charge is 0.375 e. The van der Waals surface area contributed by atoms with E-state index in [2.05, 4.69) is 43.1 Å².